The van der Waals surface area contributed by atoms with Crippen molar-refractivity contribution in [3.8, 4) is 0 Å². The van der Waals surface area contributed by atoms with Crippen LogP contribution in [0.4, 0.5) is 11.8 Å². The molecule has 2 aromatic heterocycles. The maximum Gasteiger partial charge on any atom is 0.279 e. The van der Waals surface area contributed by atoms with E-state index in [1.54, 1.807) is 13.3 Å². The number of aliphatic hydroxyl groups is 1. The van der Waals surface area contributed by atoms with E-state index >= 15 is 0 Å². The van der Waals surface area contributed by atoms with Crippen molar-refractivity contribution in [3.63, 3.8) is 0 Å². The number of nitrogens with one attached hydrogen (secondary N) is 3. The summed E-state index contributed by atoms with van der Waals surface area (Å²) in [5, 5.41) is 16.6. The molecule has 0 aromatic carbocycles. The molecule has 13 nitrogen and oxygen atoms in total. The van der Waals surface area contributed by atoms with Gasteiger partial charge in [0.2, 0.25) is 5.95 Å². The monoisotopic (exact) mass is 512 g/mol. The first-order valence-corrected chi connectivity index (χ1v) is 13.6. The summed E-state index contributed by atoms with van der Waals surface area (Å²) < 4.78 is 42.5. The Morgan fingerprint density at radius 3 is 2.80 bits per heavy atom. The third-order valence-electron chi connectivity index (χ3n) is 6.35. The number of anilines is 2. The molecule has 0 amide bonds. The normalized spacial score (nSPS) is 23.4. The SMILES string of the molecule is CC[C@H](Nc1nc(N[C@H]2CCN(S(=O)(=O)NC[C@H]3COCCO3)C2)c2ncn(CC)c2n1)[C@@H](C)O. The minimum absolute atomic E-state index is 0.141. The average Bonchev–Trinajstić information content (AvgIpc) is 3.49. The number of hydrogen-bond acceptors (Lipinski definition) is 10. The maximum absolute atomic E-state index is 12.8. The van der Waals surface area contributed by atoms with Crippen molar-refractivity contribution >= 4 is 33.1 Å². The molecule has 4 heterocycles. The van der Waals surface area contributed by atoms with Crippen molar-refractivity contribution < 1.29 is 23.0 Å². The van der Waals surface area contributed by atoms with Gasteiger partial charge < -0.3 is 29.8 Å². The van der Waals surface area contributed by atoms with Crippen molar-refractivity contribution in [2.45, 2.75) is 64.4 Å². The molecule has 4 N–H and O–H groups in total. The molecule has 2 aliphatic heterocycles. The molecule has 2 aromatic rings. The molecule has 4 atom stereocenters. The second kappa shape index (κ2) is 11.3. The first kappa shape index (κ1) is 26.0. The van der Waals surface area contributed by atoms with Crippen molar-refractivity contribution in [2.75, 3.05) is 50.1 Å². The first-order valence-electron chi connectivity index (χ1n) is 12.2. The van der Waals surface area contributed by atoms with Gasteiger partial charge in [0, 0.05) is 32.2 Å². The molecular weight excluding hydrogens is 476 g/mol. The smallest absolute Gasteiger partial charge is 0.279 e. The second-order valence-electron chi connectivity index (χ2n) is 8.91. The van der Waals surface area contributed by atoms with Crippen LogP contribution in [-0.2, 0) is 26.2 Å². The molecule has 2 fully saturated rings. The number of nitrogens with zero attached hydrogens (tertiary/aromatic N) is 5. The summed E-state index contributed by atoms with van der Waals surface area (Å²) in [5.41, 5.74) is 1.29. The van der Waals surface area contributed by atoms with E-state index < -0.39 is 16.3 Å². The molecule has 2 saturated heterocycles. The lowest BCUT2D eigenvalue weighted by atomic mass is 10.1. The molecule has 0 unspecified atom stereocenters. The summed E-state index contributed by atoms with van der Waals surface area (Å²) in [4.78, 5) is 13.7. The van der Waals surface area contributed by atoms with E-state index in [1.165, 1.54) is 4.31 Å². The van der Waals surface area contributed by atoms with Gasteiger partial charge in [-0.2, -0.15) is 27.4 Å². The highest BCUT2D eigenvalue weighted by molar-refractivity contribution is 7.87. The summed E-state index contributed by atoms with van der Waals surface area (Å²) >= 11 is 0. The van der Waals surface area contributed by atoms with Crippen LogP contribution in [0.5, 0.6) is 0 Å². The molecule has 0 aliphatic carbocycles. The summed E-state index contributed by atoms with van der Waals surface area (Å²) in [6.45, 7) is 8.64. The lowest BCUT2D eigenvalue weighted by Crippen LogP contribution is -2.45. The van der Waals surface area contributed by atoms with Crippen LogP contribution in [0.15, 0.2) is 6.33 Å². The fraction of sp³-hybridized carbons (Fsp3) is 0.762. The lowest BCUT2D eigenvalue weighted by molar-refractivity contribution is -0.0847. The lowest BCUT2D eigenvalue weighted by Gasteiger charge is -2.24. The highest BCUT2D eigenvalue weighted by Gasteiger charge is 2.33. The molecule has 0 radical (unpaired) electrons. The fourth-order valence-corrected chi connectivity index (χ4v) is 5.57. The molecule has 0 saturated carbocycles. The molecule has 4 rings (SSSR count). The number of rotatable bonds is 11. The van der Waals surface area contributed by atoms with Gasteiger partial charge in [-0.1, -0.05) is 6.92 Å². The molecule has 2 aliphatic rings. The van der Waals surface area contributed by atoms with Crippen molar-refractivity contribution in [2.24, 2.45) is 0 Å². The fourth-order valence-electron chi connectivity index (χ4n) is 4.27. The zero-order chi connectivity index (χ0) is 25.0. The summed E-state index contributed by atoms with van der Waals surface area (Å²) in [6, 6.07) is -0.340. The minimum Gasteiger partial charge on any atom is -0.391 e. The molecule has 35 heavy (non-hydrogen) atoms. The third-order valence-corrected chi connectivity index (χ3v) is 7.89. The first-order chi connectivity index (χ1) is 16.8. The number of aromatic nitrogens is 4. The Morgan fingerprint density at radius 2 is 2.11 bits per heavy atom. The summed E-state index contributed by atoms with van der Waals surface area (Å²) in [5.74, 6) is 0.928. The topological polar surface area (TPSA) is 156 Å². The highest BCUT2D eigenvalue weighted by atomic mass is 32.2. The van der Waals surface area contributed by atoms with Crippen LogP contribution < -0.4 is 15.4 Å². The van der Waals surface area contributed by atoms with E-state index in [1.807, 2.05) is 18.4 Å². The van der Waals surface area contributed by atoms with E-state index in [2.05, 4.69) is 30.3 Å². The largest absolute Gasteiger partial charge is 0.391 e. The second-order valence-corrected chi connectivity index (χ2v) is 10.7. The van der Waals surface area contributed by atoms with Crippen LogP contribution in [-0.4, -0.2) is 101 Å². The summed E-state index contributed by atoms with van der Waals surface area (Å²) in [7, 11) is -3.65. The van der Waals surface area contributed by atoms with Gasteiger partial charge in [-0.3, -0.25) is 0 Å². The van der Waals surface area contributed by atoms with Gasteiger partial charge >= 0.3 is 0 Å². The molecular formula is C21H36N8O5S. The van der Waals surface area contributed by atoms with Crippen molar-refractivity contribution in [3.05, 3.63) is 6.33 Å². The number of imidazole rings is 1. The van der Waals surface area contributed by atoms with Gasteiger partial charge in [0.15, 0.2) is 17.0 Å². The summed E-state index contributed by atoms with van der Waals surface area (Å²) in [6.07, 6.45) is 2.19. The van der Waals surface area contributed by atoms with E-state index in [0.29, 0.717) is 75.2 Å². The van der Waals surface area contributed by atoms with E-state index in [-0.39, 0.29) is 24.7 Å². The molecule has 196 valence electrons. The number of hydrogen-bond donors (Lipinski definition) is 4. The number of ether oxygens (including phenoxy) is 2. The van der Waals surface area contributed by atoms with Crippen LogP contribution in [0.2, 0.25) is 0 Å². The zero-order valence-electron chi connectivity index (χ0n) is 20.5. The van der Waals surface area contributed by atoms with Gasteiger partial charge in [-0.05, 0) is 26.7 Å². The van der Waals surface area contributed by atoms with Gasteiger partial charge in [0.1, 0.15) is 0 Å². The Kier molecular flexibility index (Phi) is 8.39. The van der Waals surface area contributed by atoms with Crippen LogP contribution in [0.25, 0.3) is 11.2 Å². The quantitative estimate of drug-likeness (QED) is 0.327. The number of aliphatic hydroxyl groups excluding tert-OH is 1. The van der Waals surface area contributed by atoms with Crippen LogP contribution in [0.3, 0.4) is 0 Å². The Balaban J connectivity index is 1.46. The highest BCUT2D eigenvalue weighted by Crippen LogP contribution is 2.25. The number of aryl methyl sites for hydroxylation is 1. The van der Waals surface area contributed by atoms with Crippen molar-refractivity contribution in [1.29, 1.82) is 0 Å². The van der Waals surface area contributed by atoms with Gasteiger partial charge in [0.25, 0.3) is 10.2 Å². The third kappa shape index (κ3) is 6.19. The Labute approximate surface area is 205 Å². The number of fused-ring (bicyclic) bond motifs is 1. The minimum atomic E-state index is -3.65. The van der Waals surface area contributed by atoms with Gasteiger partial charge in [0.05, 0.1) is 44.4 Å². The average molecular weight is 513 g/mol. The van der Waals surface area contributed by atoms with Gasteiger partial charge in [-0.15, -0.1) is 0 Å². The molecule has 0 spiro atoms. The predicted octanol–water partition coefficient (Wildman–Crippen LogP) is 0.154. The Morgan fingerprint density at radius 1 is 1.29 bits per heavy atom. The van der Waals surface area contributed by atoms with Crippen LogP contribution >= 0.6 is 0 Å². The van der Waals surface area contributed by atoms with Gasteiger partial charge in [-0.25, -0.2) is 4.98 Å². The predicted molar refractivity (Wildman–Crippen MR) is 131 cm³/mol. The Bertz CT molecular complexity index is 1090. The molecule has 0 bridgehead atoms. The van der Waals surface area contributed by atoms with Crippen LogP contribution in [0, 0.1) is 0 Å². The zero-order valence-corrected chi connectivity index (χ0v) is 21.3. The standard InChI is InChI=1S/C21H36N8O5S/c1-4-17(14(3)30)25-21-26-19(18-20(27-21)28(5-2)13-22-18)24-15-6-7-29(11-15)35(31,32)23-10-16-12-33-8-9-34-16/h13-17,23,30H,4-12H2,1-3H3,(H2,24,25,26,27)/t14-,15+,16+,17+/m1/s1. The van der Waals surface area contributed by atoms with E-state index in [9.17, 15) is 13.5 Å². The maximum atomic E-state index is 12.8. The van der Waals surface area contributed by atoms with E-state index in [0.717, 1.165) is 0 Å². The Hall–Kier alpha value is -2.10. The van der Waals surface area contributed by atoms with Crippen LogP contribution in [0.1, 0.15) is 33.6 Å². The molecule has 14 heteroatoms. The van der Waals surface area contributed by atoms with E-state index in [4.69, 9.17) is 9.47 Å². The van der Waals surface area contributed by atoms with Crippen molar-refractivity contribution in [1.82, 2.24) is 28.5 Å².